The van der Waals surface area contributed by atoms with Crippen molar-refractivity contribution in [1.82, 2.24) is 10.2 Å². The maximum Gasteiger partial charge on any atom is 0.323 e. The van der Waals surface area contributed by atoms with Gasteiger partial charge in [-0.3, -0.25) is 4.79 Å². The van der Waals surface area contributed by atoms with Gasteiger partial charge in [0.15, 0.2) is 0 Å². The molecule has 1 fully saturated rings. The minimum Gasteiger partial charge on any atom is -0.480 e. The first kappa shape index (κ1) is 15.4. The Balaban J connectivity index is 2.21. The molecule has 1 aliphatic carbocycles. The van der Waals surface area contributed by atoms with Crippen LogP contribution in [0.2, 0.25) is 0 Å². The maximum absolute atomic E-state index is 11.1. The number of likely N-dealkylation sites (N-methyl/N-ethyl adjacent to an activating group) is 1. The molecule has 1 rings (SSSR count). The Morgan fingerprint density at radius 3 is 2.56 bits per heavy atom. The molecular weight excluding hydrogens is 228 g/mol. The summed E-state index contributed by atoms with van der Waals surface area (Å²) in [6.07, 6.45) is 7.10. The van der Waals surface area contributed by atoms with Crippen LogP contribution in [0, 0.1) is 5.92 Å². The van der Waals surface area contributed by atoms with Crippen molar-refractivity contribution < 1.29 is 9.90 Å². The second kappa shape index (κ2) is 7.10. The molecule has 0 aromatic rings. The topological polar surface area (TPSA) is 52.6 Å². The van der Waals surface area contributed by atoms with Crippen LogP contribution in [0.4, 0.5) is 0 Å². The molecule has 0 aromatic heterocycles. The number of aliphatic carboxylic acids is 1. The van der Waals surface area contributed by atoms with Gasteiger partial charge in [0.05, 0.1) is 0 Å². The number of carboxylic acids is 1. The summed E-state index contributed by atoms with van der Waals surface area (Å²) in [5.74, 6) is 0.105. The molecule has 0 bridgehead atoms. The van der Waals surface area contributed by atoms with Crippen molar-refractivity contribution in [3.63, 3.8) is 0 Å². The van der Waals surface area contributed by atoms with Gasteiger partial charge in [-0.15, -0.1) is 0 Å². The van der Waals surface area contributed by atoms with Crippen molar-refractivity contribution in [2.24, 2.45) is 5.92 Å². The van der Waals surface area contributed by atoms with Crippen molar-refractivity contribution >= 4 is 5.97 Å². The Labute approximate surface area is 111 Å². The molecule has 0 radical (unpaired) electrons. The standard InChI is InChI=1S/C14H28N2O2/c1-14(15-2,13(17)18)9-6-10-16(3)11-12-7-4-5-8-12/h12,15H,4-11H2,1-3H3,(H,17,18). The van der Waals surface area contributed by atoms with Gasteiger partial charge in [-0.2, -0.15) is 0 Å². The van der Waals surface area contributed by atoms with Gasteiger partial charge in [-0.1, -0.05) is 12.8 Å². The maximum atomic E-state index is 11.1. The minimum absolute atomic E-state index is 0.674. The number of carbonyl (C=O) groups is 1. The summed E-state index contributed by atoms with van der Waals surface area (Å²) in [6, 6.07) is 0. The normalized spacial score (nSPS) is 20.2. The first-order valence-corrected chi connectivity index (χ1v) is 7.09. The van der Waals surface area contributed by atoms with Gasteiger partial charge < -0.3 is 15.3 Å². The molecule has 0 saturated heterocycles. The highest BCUT2D eigenvalue weighted by atomic mass is 16.4. The van der Waals surface area contributed by atoms with E-state index in [1.54, 1.807) is 14.0 Å². The van der Waals surface area contributed by atoms with E-state index in [0.717, 1.165) is 18.9 Å². The summed E-state index contributed by atoms with van der Waals surface area (Å²) in [6.45, 7) is 3.91. The molecule has 1 aliphatic rings. The van der Waals surface area contributed by atoms with Gasteiger partial charge in [0.25, 0.3) is 0 Å². The highest BCUT2D eigenvalue weighted by molar-refractivity contribution is 5.78. The molecule has 1 unspecified atom stereocenters. The van der Waals surface area contributed by atoms with Crippen molar-refractivity contribution in [3.05, 3.63) is 0 Å². The second-order valence-corrected chi connectivity index (χ2v) is 5.90. The highest BCUT2D eigenvalue weighted by Gasteiger charge is 2.30. The quantitative estimate of drug-likeness (QED) is 0.697. The van der Waals surface area contributed by atoms with Crippen LogP contribution in [0.1, 0.15) is 45.4 Å². The van der Waals surface area contributed by atoms with Crippen LogP contribution in [-0.2, 0) is 4.79 Å². The van der Waals surface area contributed by atoms with Gasteiger partial charge in [-0.25, -0.2) is 0 Å². The Morgan fingerprint density at radius 1 is 1.44 bits per heavy atom. The summed E-state index contributed by atoms with van der Waals surface area (Å²) in [7, 11) is 3.87. The average Bonchev–Trinajstić information content (AvgIpc) is 2.81. The van der Waals surface area contributed by atoms with Crippen molar-refractivity contribution in [3.8, 4) is 0 Å². The first-order valence-electron chi connectivity index (χ1n) is 7.09. The van der Waals surface area contributed by atoms with E-state index < -0.39 is 11.5 Å². The van der Waals surface area contributed by atoms with Crippen LogP contribution in [0.3, 0.4) is 0 Å². The third kappa shape index (κ3) is 4.58. The molecule has 4 nitrogen and oxygen atoms in total. The van der Waals surface area contributed by atoms with Crippen LogP contribution in [0.5, 0.6) is 0 Å². The molecule has 2 N–H and O–H groups in total. The summed E-state index contributed by atoms with van der Waals surface area (Å²) in [5, 5.41) is 12.1. The number of hydrogen-bond acceptors (Lipinski definition) is 3. The van der Waals surface area contributed by atoms with E-state index >= 15 is 0 Å². The molecule has 0 spiro atoms. The van der Waals surface area contributed by atoms with Crippen molar-refractivity contribution in [2.75, 3.05) is 27.2 Å². The zero-order chi connectivity index (χ0) is 13.6. The van der Waals surface area contributed by atoms with Crippen LogP contribution < -0.4 is 5.32 Å². The number of nitrogens with one attached hydrogen (secondary N) is 1. The summed E-state index contributed by atoms with van der Waals surface area (Å²) >= 11 is 0. The fourth-order valence-corrected chi connectivity index (χ4v) is 2.77. The van der Waals surface area contributed by atoms with Gasteiger partial charge in [0, 0.05) is 6.54 Å². The van der Waals surface area contributed by atoms with E-state index in [0.29, 0.717) is 6.42 Å². The molecule has 106 valence electrons. The number of carboxylic acid groups (broad SMARTS) is 1. The van der Waals surface area contributed by atoms with Crippen LogP contribution in [-0.4, -0.2) is 48.7 Å². The van der Waals surface area contributed by atoms with E-state index in [1.165, 1.54) is 32.2 Å². The van der Waals surface area contributed by atoms with E-state index in [-0.39, 0.29) is 0 Å². The number of hydrogen-bond donors (Lipinski definition) is 2. The summed E-state index contributed by atoms with van der Waals surface area (Å²) < 4.78 is 0. The van der Waals surface area contributed by atoms with Crippen LogP contribution in [0.15, 0.2) is 0 Å². The first-order chi connectivity index (χ1) is 8.48. The van der Waals surface area contributed by atoms with Gasteiger partial charge in [0.1, 0.15) is 5.54 Å². The molecule has 0 aromatic carbocycles. The van der Waals surface area contributed by atoms with Gasteiger partial charge in [-0.05, 0) is 59.2 Å². The Morgan fingerprint density at radius 2 is 2.06 bits per heavy atom. The smallest absolute Gasteiger partial charge is 0.323 e. The second-order valence-electron chi connectivity index (χ2n) is 5.90. The van der Waals surface area contributed by atoms with E-state index in [1.807, 2.05) is 0 Å². The lowest BCUT2D eigenvalue weighted by Crippen LogP contribution is -2.47. The lowest BCUT2D eigenvalue weighted by atomic mass is 9.96. The predicted octanol–water partition coefficient (Wildman–Crippen LogP) is 1.95. The van der Waals surface area contributed by atoms with Crippen LogP contribution >= 0.6 is 0 Å². The number of nitrogens with zero attached hydrogens (tertiary/aromatic N) is 1. The predicted molar refractivity (Wildman–Crippen MR) is 73.8 cm³/mol. The molecule has 1 saturated carbocycles. The molecule has 18 heavy (non-hydrogen) atoms. The monoisotopic (exact) mass is 256 g/mol. The number of rotatable bonds is 8. The Bertz CT molecular complexity index is 265. The minimum atomic E-state index is -0.784. The third-order valence-electron chi connectivity index (χ3n) is 4.29. The fourth-order valence-electron chi connectivity index (χ4n) is 2.77. The highest BCUT2D eigenvalue weighted by Crippen LogP contribution is 2.25. The molecule has 0 heterocycles. The Hall–Kier alpha value is -0.610. The van der Waals surface area contributed by atoms with Crippen LogP contribution in [0.25, 0.3) is 0 Å². The van der Waals surface area contributed by atoms with Crippen molar-refractivity contribution in [1.29, 1.82) is 0 Å². The summed E-state index contributed by atoms with van der Waals surface area (Å²) in [4.78, 5) is 13.5. The molecular formula is C14H28N2O2. The molecule has 0 aliphatic heterocycles. The van der Waals surface area contributed by atoms with Crippen molar-refractivity contribution in [2.45, 2.75) is 51.0 Å². The summed E-state index contributed by atoms with van der Waals surface area (Å²) in [5.41, 5.74) is -0.784. The Kier molecular flexibility index (Phi) is 6.09. The zero-order valence-corrected chi connectivity index (χ0v) is 12.0. The fraction of sp³-hybridized carbons (Fsp3) is 0.929. The molecule has 0 amide bonds. The van der Waals surface area contributed by atoms with Gasteiger partial charge in [0.2, 0.25) is 0 Å². The lowest BCUT2D eigenvalue weighted by molar-refractivity contribution is -0.144. The van der Waals surface area contributed by atoms with E-state index in [9.17, 15) is 4.79 Å². The SMILES string of the molecule is CNC(C)(CCCN(C)CC1CCCC1)C(=O)O. The van der Waals surface area contributed by atoms with E-state index in [4.69, 9.17) is 5.11 Å². The average molecular weight is 256 g/mol. The molecule has 1 atom stereocenters. The third-order valence-corrected chi connectivity index (χ3v) is 4.29. The zero-order valence-electron chi connectivity index (χ0n) is 12.0. The molecule has 4 heteroatoms. The van der Waals surface area contributed by atoms with E-state index in [2.05, 4.69) is 17.3 Å². The van der Waals surface area contributed by atoms with Gasteiger partial charge >= 0.3 is 5.97 Å². The largest absolute Gasteiger partial charge is 0.480 e. The lowest BCUT2D eigenvalue weighted by Gasteiger charge is -2.26.